The molecule has 0 N–H and O–H groups in total. The van der Waals surface area contributed by atoms with E-state index in [4.69, 9.17) is 9.15 Å². The number of benzene rings is 1. The summed E-state index contributed by atoms with van der Waals surface area (Å²) in [5, 5.41) is 4.11. The van der Waals surface area contributed by atoms with E-state index in [2.05, 4.69) is 16.4 Å². The number of oxazole rings is 1. The number of hydrogen-bond acceptors (Lipinski definition) is 5. The molecule has 0 unspecified atom stereocenters. The standard InChI is InChI=1S/C18H18N2O3S/c1-11-8-20(9-16(22-11)13-6-7-24-10-13)18(21)14-4-3-5-15-17(14)19-12(2)23-15/h3-7,10-11,16H,8-9H2,1-2H3/t11-,16-/m1/s1. The maximum atomic E-state index is 13.1. The van der Waals surface area contributed by atoms with Crippen LogP contribution in [0.2, 0.25) is 0 Å². The van der Waals surface area contributed by atoms with E-state index < -0.39 is 0 Å². The second-order valence-electron chi connectivity index (χ2n) is 6.09. The summed E-state index contributed by atoms with van der Waals surface area (Å²) in [6, 6.07) is 7.53. The SMILES string of the molecule is Cc1nc2c(C(=O)N3C[C@@H](C)O[C@@H](c4ccsc4)C3)cccc2o1. The third-order valence-electron chi connectivity index (χ3n) is 4.22. The summed E-state index contributed by atoms with van der Waals surface area (Å²) in [5.74, 6) is 0.543. The molecule has 1 saturated heterocycles. The van der Waals surface area contributed by atoms with Gasteiger partial charge in [-0.25, -0.2) is 4.98 Å². The van der Waals surface area contributed by atoms with Gasteiger partial charge in [-0.15, -0.1) is 0 Å². The van der Waals surface area contributed by atoms with Gasteiger partial charge in [0.05, 0.1) is 18.2 Å². The van der Waals surface area contributed by atoms with E-state index in [0.29, 0.717) is 35.6 Å². The van der Waals surface area contributed by atoms with Crippen LogP contribution in [0, 0.1) is 6.92 Å². The van der Waals surface area contributed by atoms with Crippen LogP contribution in [-0.4, -0.2) is 35.0 Å². The summed E-state index contributed by atoms with van der Waals surface area (Å²) in [6.07, 6.45) is -0.0898. The molecule has 6 heteroatoms. The van der Waals surface area contributed by atoms with Crippen LogP contribution in [0.25, 0.3) is 11.1 Å². The largest absolute Gasteiger partial charge is 0.441 e. The lowest BCUT2D eigenvalue weighted by atomic mass is 10.1. The Morgan fingerprint density at radius 2 is 2.21 bits per heavy atom. The third kappa shape index (κ3) is 2.72. The number of hydrogen-bond donors (Lipinski definition) is 0. The van der Waals surface area contributed by atoms with Gasteiger partial charge in [-0.3, -0.25) is 4.79 Å². The molecule has 4 rings (SSSR count). The van der Waals surface area contributed by atoms with Crippen molar-refractivity contribution in [1.82, 2.24) is 9.88 Å². The van der Waals surface area contributed by atoms with Crippen molar-refractivity contribution in [3.8, 4) is 0 Å². The van der Waals surface area contributed by atoms with Crippen molar-refractivity contribution in [2.75, 3.05) is 13.1 Å². The van der Waals surface area contributed by atoms with Gasteiger partial charge in [0.25, 0.3) is 5.91 Å². The molecule has 5 nitrogen and oxygen atoms in total. The fraction of sp³-hybridized carbons (Fsp3) is 0.333. The summed E-state index contributed by atoms with van der Waals surface area (Å²) in [6.45, 7) is 4.91. The molecule has 0 saturated carbocycles. The van der Waals surface area contributed by atoms with Gasteiger partial charge in [-0.05, 0) is 41.4 Å². The number of aromatic nitrogens is 1. The number of carbonyl (C=O) groups excluding carboxylic acids is 1. The van der Waals surface area contributed by atoms with Crippen LogP contribution in [-0.2, 0) is 4.74 Å². The van der Waals surface area contributed by atoms with Crippen molar-refractivity contribution in [2.45, 2.75) is 26.1 Å². The first kappa shape index (κ1) is 15.4. The normalized spacial score (nSPS) is 21.3. The minimum Gasteiger partial charge on any atom is -0.441 e. The highest BCUT2D eigenvalue weighted by Gasteiger charge is 2.31. The minimum atomic E-state index is -0.0813. The summed E-state index contributed by atoms with van der Waals surface area (Å²) in [4.78, 5) is 19.3. The van der Waals surface area contributed by atoms with Crippen LogP contribution in [0.1, 0.15) is 34.8 Å². The molecular weight excluding hydrogens is 324 g/mol. The maximum absolute atomic E-state index is 13.1. The van der Waals surface area contributed by atoms with Gasteiger partial charge >= 0.3 is 0 Å². The molecule has 124 valence electrons. The molecule has 0 spiro atoms. The van der Waals surface area contributed by atoms with Crippen molar-refractivity contribution >= 4 is 28.3 Å². The van der Waals surface area contributed by atoms with Gasteiger partial charge in [0, 0.05) is 13.5 Å². The minimum absolute atomic E-state index is 0.00847. The summed E-state index contributed by atoms with van der Waals surface area (Å²) >= 11 is 1.64. The van der Waals surface area contributed by atoms with Crippen LogP contribution in [0.5, 0.6) is 0 Å². The Morgan fingerprint density at radius 1 is 1.33 bits per heavy atom. The van der Waals surface area contributed by atoms with E-state index in [1.165, 1.54) is 0 Å². The molecule has 1 amide bonds. The Balaban J connectivity index is 1.65. The highest BCUT2D eigenvalue weighted by Crippen LogP contribution is 2.29. The first-order chi connectivity index (χ1) is 11.6. The first-order valence-electron chi connectivity index (χ1n) is 7.95. The molecule has 0 radical (unpaired) electrons. The van der Waals surface area contributed by atoms with Gasteiger partial charge < -0.3 is 14.1 Å². The van der Waals surface area contributed by atoms with E-state index >= 15 is 0 Å². The van der Waals surface area contributed by atoms with Crippen molar-refractivity contribution in [1.29, 1.82) is 0 Å². The summed E-state index contributed by atoms with van der Waals surface area (Å²) in [7, 11) is 0. The molecule has 3 heterocycles. The molecule has 2 atom stereocenters. The van der Waals surface area contributed by atoms with E-state index in [0.717, 1.165) is 5.56 Å². The molecule has 0 aliphatic carbocycles. The van der Waals surface area contributed by atoms with E-state index in [-0.39, 0.29) is 18.1 Å². The van der Waals surface area contributed by atoms with Crippen molar-refractivity contribution in [3.63, 3.8) is 0 Å². The maximum Gasteiger partial charge on any atom is 0.256 e. The third-order valence-corrected chi connectivity index (χ3v) is 4.92. The molecular formula is C18H18N2O3S. The second-order valence-corrected chi connectivity index (χ2v) is 6.87. The molecule has 24 heavy (non-hydrogen) atoms. The quantitative estimate of drug-likeness (QED) is 0.711. The number of amides is 1. The highest BCUT2D eigenvalue weighted by molar-refractivity contribution is 7.07. The van der Waals surface area contributed by atoms with Gasteiger partial charge in [0.2, 0.25) is 0 Å². The number of carbonyl (C=O) groups is 1. The second kappa shape index (κ2) is 6.03. The average Bonchev–Trinajstić information content (AvgIpc) is 3.21. The smallest absolute Gasteiger partial charge is 0.256 e. The van der Waals surface area contributed by atoms with Crippen LogP contribution >= 0.6 is 11.3 Å². The lowest BCUT2D eigenvalue weighted by Gasteiger charge is -2.36. The van der Waals surface area contributed by atoms with Crippen LogP contribution < -0.4 is 0 Å². The molecule has 1 aromatic carbocycles. The fourth-order valence-corrected chi connectivity index (χ4v) is 3.86. The van der Waals surface area contributed by atoms with Crippen LogP contribution in [0.4, 0.5) is 0 Å². The Kier molecular flexibility index (Phi) is 3.86. The highest BCUT2D eigenvalue weighted by atomic mass is 32.1. The van der Waals surface area contributed by atoms with Gasteiger partial charge in [0.1, 0.15) is 11.6 Å². The number of para-hydroxylation sites is 1. The number of ether oxygens (including phenoxy) is 1. The van der Waals surface area contributed by atoms with E-state index in [9.17, 15) is 4.79 Å². The topological polar surface area (TPSA) is 55.6 Å². The zero-order valence-electron chi connectivity index (χ0n) is 13.6. The average molecular weight is 342 g/mol. The van der Waals surface area contributed by atoms with E-state index in [1.807, 2.05) is 35.4 Å². The zero-order chi connectivity index (χ0) is 16.7. The molecule has 1 fully saturated rings. The van der Waals surface area contributed by atoms with Crippen molar-refractivity contribution in [2.24, 2.45) is 0 Å². The Morgan fingerprint density at radius 3 is 3.00 bits per heavy atom. The summed E-state index contributed by atoms with van der Waals surface area (Å²) in [5.41, 5.74) is 2.99. The lowest BCUT2D eigenvalue weighted by molar-refractivity contribution is -0.0689. The number of morpholine rings is 1. The van der Waals surface area contributed by atoms with Gasteiger partial charge in [-0.2, -0.15) is 11.3 Å². The van der Waals surface area contributed by atoms with E-state index in [1.54, 1.807) is 18.3 Å². The Bertz CT molecular complexity index is 872. The van der Waals surface area contributed by atoms with Gasteiger partial charge in [-0.1, -0.05) is 6.07 Å². The van der Waals surface area contributed by atoms with Crippen LogP contribution in [0.3, 0.4) is 0 Å². The predicted molar refractivity (Wildman–Crippen MR) is 92.3 cm³/mol. The number of nitrogens with zero attached hydrogens (tertiary/aromatic N) is 2. The molecule has 2 aromatic heterocycles. The van der Waals surface area contributed by atoms with Crippen molar-refractivity contribution < 1.29 is 13.9 Å². The van der Waals surface area contributed by atoms with Crippen molar-refractivity contribution in [3.05, 3.63) is 52.0 Å². The number of fused-ring (bicyclic) bond motifs is 1. The number of thiophene rings is 1. The zero-order valence-corrected chi connectivity index (χ0v) is 14.4. The van der Waals surface area contributed by atoms with Crippen LogP contribution in [0.15, 0.2) is 39.4 Å². The molecule has 1 aliphatic heterocycles. The Labute approximate surface area is 143 Å². The summed E-state index contributed by atoms with van der Waals surface area (Å²) < 4.78 is 11.6. The molecule has 3 aromatic rings. The monoisotopic (exact) mass is 342 g/mol. The number of rotatable bonds is 2. The Hall–Kier alpha value is -2.18. The number of aryl methyl sites for hydroxylation is 1. The first-order valence-corrected chi connectivity index (χ1v) is 8.89. The van der Waals surface area contributed by atoms with Gasteiger partial charge in [0.15, 0.2) is 11.5 Å². The predicted octanol–water partition coefficient (Wildman–Crippen LogP) is 3.80. The molecule has 1 aliphatic rings. The fourth-order valence-electron chi connectivity index (χ4n) is 3.16. The molecule has 0 bridgehead atoms. The lowest BCUT2D eigenvalue weighted by Crippen LogP contribution is -2.45.